The minimum Gasteiger partial charge on any atom is -0.494 e. The zero-order chi connectivity index (χ0) is 12.9. The summed E-state index contributed by atoms with van der Waals surface area (Å²) in [7, 11) is 0. The molecular formula is C14H23NO2. The highest BCUT2D eigenvalue weighted by Crippen LogP contribution is 2.19. The Kier molecular flexibility index (Phi) is 4.97. The van der Waals surface area contributed by atoms with Crippen molar-refractivity contribution in [3.05, 3.63) is 29.8 Å². The molecule has 1 atom stereocenters. The summed E-state index contributed by atoms with van der Waals surface area (Å²) in [4.78, 5) is 0. The van der Waals surface area contributed by atoms with Crippen molar-refractivity contribution >= 4 is 0 Å². The molecule has 0 saturated carbocycles. The summed E-state index contributed by atoms with van der Waals surface area (Å²) in [6, 6.07) is 7.75. The highest BCUT2D eigenvalue weighted by molar-refractivity contribution is 5.30. The standard InChI is InChI=1S/C14H23NO2/c1-5-16-12-8-6-7-11(9-12)13(15)10-17-14(2,3)4/h6-9,13H,5,10,15H2,1-4H3. The minimum absolute atomic E-state index is 0.116. The smallest absolute Gasteiger partial charge is 0.119 e. The van der Waals surface area contributed by atoms with Gasteiger partial charge in [0.05, 0.1) is 24.9 Å². The summed E-state index contributed by atoms with van der Waals surface area (Å²) in [5, 5.41) is 0. The lowest BCUT2D eigenvalue weighted by Crippen LogP contribution is -2.26. The second kappa shape index (κ2) is 6.03. The molecule has 2 N–H and O–H groups in total. The molecule has 1 aromatic carbocycles. The van der Waals surface area contributed by atoms with Crippen molar-refractivity contribution in [2.75, 3.05) is 13.2 Å². The molecular weight excluding hydrogens is 214 g/mol. The Morgan fingerprint density at radius 2 is 2.00 bits per heavy atom. The van der Waals surface area contributed by atoms with Crippen LogP contribution in [0.4, 0.5) is 0 Å². The summed E-state index contributed by atoms with van der Waals surface area (Å²) in [6.07, 6.45) is 0. The fraction of sp³-hybridized carbons (Fsp3) is 0.571. The number of ether oxygens (including phenoxy) is 2. The van der Waals surface area contributed by atoms with Crippen LogP contribution in [0, 0.1) is 0 Å². The predicted octanol–water partition coefficient (Wildman–Crippen LogP) is 2.90. The summed E-state index contributed by atoms with van der Waals surface area (Å²) in [5.41, 5.74) is 6.97. The van der Waals surface area contributed by atoms with Crippen LogP contribution in [-0.2, 0) is 4.74 Å². The topological polar surface area (TPSA) is 44.5 Å². The first-order valence-electron chi connectivity index (χ1n) is 6.04. The monoisotopic (exact) mass is 237 g/mol. The highest BCUT2D eigenvalue weighted by atomic mass is 16.5. The average molecular weight is 237 g/mol. The second-order valence-electron chi connectivity index (χ2n) is 5.04. The molecule has 0 aliphatic carbocycles. The summed E-state index contributed by atoms with van der Waals surface area (Å²) >= 11 is 0. The van der Waals surface area contributed by atoms with E-state index >= 15 is 0 Å². The molecule has 3 heteroatoms. The number of nitrogens with two attached hydrogens (primary N) is 1. The fourth-order valence-corrected chi connectivity index (χ4v) is 1.44. The Hall–Kier alpha value is -1.06. The molecule has 0 spiro atoms. The molecule has 0 heterocycles. The maximum Gasteiger partial charge on any atom is 0.119 e. The summed E-state index contributed by atoms with van der Waals surface area (Å²) in [5.74, 6) is 0.858. The molecule has 0 fully saturated rings. The third kappa shape index (κ3) is 5.20. The molecule has 0 bridgehead atoms. The first kappa shape index (κ1) is 14.0. The largest absolute Gasteiger partial charge is 0.494 e. The predicted molar refractivity (Wildman–Crippen MR) is 70.2 cm³/mol. The molecule has 0 aliphatic rings. The zero-order valence-electron chi connectivity index (χ0n) is 11.2. The minimum atomic E-state index is -0.158. The van der Waals surface area contributed by atoms with Crippen molar-refractivity contribution in [2.45, 2.75) is 39.3 Å². The van der Waals surface area contributed by atoms with Gasteiger partial charge in [0, 0.05) is 0 Å². The van der Waals surface area contributed by atoms with Gasteiger partial charge < -0.3 is 15.2 Å². The van der Waals surface area contributed by atoms with Gasteiger partial charge in [0.1, 0.15) is 5.75 Å². The van der Waals surface area contributed by atoms with Crippen LogP contribution in [0.1, 0.15) is 39.3 Å². The van der Waals surface area contributed by atoms with Crippen LogP contribution >= 0.6 is 0 Å². The van der Waals surface area contributed by atoms with Gasteiger partial charge in [-0.25, -0.2) is 0 Å². The normalized spacial score (nSPS) is 13.5. The molecule has 0 saturated heterocycles. The van der Waals surface area contributed by atoms with Gasteiger partial charge in [0.25, 0.3) is 0 Å². The van der Waals surface area contributed by atoms with Gasteiger partial charge in [-0.1, -0.05) is 12.1 Å². The lowest BCUT2D eigenvalue weighted by molar-refractivity contribution is -0.0102. The van der Waals surface area contributed by atoms with Crippen molar-refractivity contribution in [1.82, 2.24) is 0 Å². The lowest BCUT2D eigenvalue weighted by atomic mass is 10.1. The van der Waals surface area contributed by atoms with Crippen molar-refractivity contribution < 1.29 is 9.47 Å². The summed E-state index contributed by atoms with van der Waals surface area (Å²) in [6.45, 7) is 9.22. The van der Waals surface area contributed by atoms with Gasteiger partial charge in [0.15, 0.2) is 0 Å². The number of hydrogen-bond acceptors (Lipinski definition) is 3. The average Bonchev–Trinajstić information content (AvgIpc) is 2.26. The molecule has 1 aromatic rings. The SMILES string of the molecule is CCOc1cccc(C(N)COC(C)(C)C)c1. The Morgan fingerprint density at radius 3 is 2.59 bits per heavy atom. The maximum absolute atomic E-state index is 6.09. The van der Waals surface area contributed by atoms with Crippen LogP contribution in [-0.4, -0.2) is 18.8 Å². The van der Waals surface area contributed by atoms with Crippen LogP contribution in [0.2, 0.25) is 0 Å². The van der Waals surface area contributed by atoms with E-state index < -0.39 is 0 Å². The van der Waals surface area contributed by atoms with Gasteiger partial charge in [-0.3, -0.25) is 0 Å². The number of rotatable bonds is 5. The molecule has 1 rings (SSSR count). The Labute approximate surface area is 104 Å². The van der Waals surface area contributed by atoms with Crippen molar-refractivity contribution in [2.24, 2.45) is 5.73 Å². The molecule has 0 radical (unpaired) electrons. The van der Waals surface area contributed by atoms with E-state index in [1.54, 1.807) is 0 Å². The van der Waals surface area contributed by atoms with E-state index in [1.807, 2.05) is 52.0 Å². The second-order valence-corrected chi connectivity index (χ2v) is 5.04. The van der Waals surface area contributed by atoms with E-state index in [0.29, 0.717) is 13.2 Å². The van der Waals surface area contributed by atoms with Crippen molar-refractivity contribution in [3.63, 3.8) is 0 Å². The lowest BCUT2D eigenvalue weighted by Gasteiger charge is -2.22. The summed E-state index contributed by atoms with van der Waals surface area (Å²) < 4.78 is 11.1. The van der Waals surface area contributed by atoms with Gasteiger partial charge in [-0.05, 0) is 45.4 Å². The Balaban J connectivity index is 2.62. The van der Waals surface area contributed by atoms with Crippen molar-refractivity contribution in [3.8, 4) is 5.75 Å². The highest BCUT2D eigenvalue weighted by Gasteiger charge is 2.14. The van der Waals surface area contributed by atoms with Crippen LogP contribution in [0.3, 0.4) is 0 Å². The maximum atomic E-state index is 6.09. The van der Waals surface area contributed by atoms with Crippen LogP contribution in [0.15, 0.2) is 24.3 Å². The Morgan fingerprint density at radius 1 is 1.29 bits per heavy atom. The van der Waals surface area contributed by atoms with Gasteiger partial charge in [-0.2, -0.15) is 0 Å². The van der Waals surface area contributed by atoms with Gasteiger partial charge in [0.2, 0.25) is 0 Å². The Bertz CT molecular complexity index is 344. The van der Waals surface area contributed by atoms with Gasteiger partial charge >= 0.3 is 0 Å². The fourth-order valence-electron chi connectivity index (χ4n) is 1.44. The number of hydrogen-bond donors (Lipinski definition) is 1. The third-order valence-electron chi connectivity index (χ3n) is 2.29. The van der Waals surface area contributed by atoms with E-state index in [-0.39, 0.29) is 11.6 Å². The van der Waals surface area contributed by atoms with Crippen LogP contribution in [0.25, 0.3) is 0 Å². The molecule has 3 nitrogen and oxygen atoms in total. The van der Waals surface area contributed by atoms with E-state index in [1.165, 1.54) is 0 Å². The molecule has 0 amide bonds. The van der Waals surface area contributed by atoms with Crippen LogP contribution in [0.5, 0.6) is 5.75 Å². The van der Waals surface area contributed by atoms with E-state index in [0.717, 1.165) is 11.3 Å². The van der Waals surface area contributed by atoms with E-state index in [4.69, 9.17) is 15.2 Å². The number of benzene rings is 1. The van der Waals surface area contributed by atoms with Crippen LogP contribution < -0.4 is 10.5 Å². The van der Waals surface area contributed by atoms with E-state index in [2.05, 4.69) is 0 Å². The molecule has 96 valence electrons. The first-order valence-corrected chi connectivity index (χ1v) is 6.04. The quantitative estimate of drug-likeness (QED) is 0.856. The zero-order valence-corrected chi connectivity index (χ0v) is 11.2. The molecule has 1 unspecified atom stereocenters. The third-order valence-corrected chi connectivity index (χ3v) is 2.29. The van der Waals surface area contributed by atoms with E-state index in [9.17, 15) is 0 Å². The van der Waals surface area contributed by atoms with Gasteiger partial charge in [-0.15, -0.1) is 0 Å². The van der Waals surface area contributed by atoms with Crippen molar-refractivity contribution in [1.29, 1.82) is 0 Å². The molecule has 17 heavy (non-hydrogen) atoms. The first-order chi connectivity index (χ1) is 7.92. The molecule has 0 aromatic heterocycles. The molecule has 0 aliphatic heterocycles.